The molecule has 0 fully saturated rings. The zero-order chi connectivity index (χ0) is 20.8. The van der Waals surface area contributed by atoms with Gasteiger partial charge >= 0.3 is 0 Å². The van der Waals surface area contributed by atoms with Crippen LogP contribution in [0, 0.1) is 5.92 Å². The molecule has 0 N–H and O–H groups in total. The van der Waals surface area contributed by atoms with Gasteiger partial charge in [0.1, 0.15) is 17.4 Å². The lowest BCUT2D eigenvalue weighted by Crippen LogP contribution is -2.32. The lowest BCUT2D eigenvalue weighted by atomic mass is 9.93. The largest absolute Gasteiger partial charge is 0.497 e. The first kappa shape index (κ1) is 20.5. The van der Waals surface area contributed by atoms with E-state index in [1.165, 1.54) is 5.01 Å². The van der Waals surface area contributed by atoms with Gasteiger partial charge in [-0.05, 0) is 61.0 Å². The van der Waals surface area contributed by atoms with Gasteiger partial charge in [-0.15, -0.1) is 0 Å². The van der Waals surface area contributed by atoms with Gasteiger partial charge in [-0.1, -0.05) is 0 Å². The first-order chi connectivity index (χ1) is 14.1. The Kier molecular flexibility index (Phi) is 6.61. The number of amides is 1. The number of benzene rings is 2. The van der Waals surface area contributed by atoms with Crippen molar-refractivity contribution in [2.45, 2.75) is 6.92 Å². The average molecular weight is 395 g/mol. The van der Waals surface area contributed by atoms with Gasteiger partial charge < -0.3 is 14.2 Å². The minimum atomic E-state index is -0.553. The number of carbonyl (C=O) groups is 1. The van der Waals surface area contributed by atoms with E-state index in [2.05, 4.69) is 10.1 Å². The third-order valence-electron chi connectivity index (χ3n) is 4.71. The van der Waals surface area contributed by atoms with E-state index in [0.717, 1.165) is 11.3 Å². The number of nitrogens with zero attached hydrogens (tertiary/aromatic N) is 3. The average Bonchev–Trinajstić information content (AvgIpc) is 3.11. The van der Waals surface area contributed by atoms with Gasteiger partial charge in [0.05, 0.1) is 38.8 Å². The summed E-state index contributed by atoms with van der Waals surface area (Å²) in [6.45, 7) is 2.84. The molecule has 0 saturated heterocycles. The Morgan fingerprint density at radius 2 is 1.59 bits per heavy atom. The third kappa shape index (κ3) is 4.46. The SMILES string of the molecule is COCCN=C(C)C1C(=O)N(c2ccc(OC)cc2)N=C1c1ccc(OC)cc1. The predicted molar refractivity (Wildman–Crippen MR) is 113 cm³/mol. The number of rotatable bonds is 8. The molecule has 1 atom stereocenters. The topological polar surface area (TPSA) is 72.7 Å². The van der Waals surface area contributed by atoms with Crippen LogP contribution in [0.4, 0.5) is 5.69 Å². The van der Waals surface area contributed by atoms with E-state index in [4.69, 9.17) is 14.2 Å². The summed E-state index contributed by atoms with van der Waals surface area (Å²) in [6.07, 6.45) is 0. The predicted octanol–water partition coefficient (Wildman–Crippen LogP) is 3.18. The fourth-order valence-corrected chi connectivity index (χ4v) is 3.13. The molecule has 0 spiro atoms. The molecule has 7 heteroatoms. The summed E-state index contributed by atoms with van der Waals surface area (Å²) in [5.74, 6) is 0.767. The summed E-state index contributed by atoms with van der Waals surface area (Å²) in [4.78, 5) is 17.8. The molecule has 1 amide bonds. The molecule has 1 unspecified atom stereocenters. The molecule has 2 aromatic carbocycles. The minimum absolute atomic E-state index is 0.139. The Morgan fingerprint density at radius 1 is 1.00 bits per heavy atom. The van der Waals surface area contributed by atoms with E-state index in [-0.39, 0.29) is 5.91 Å². The summed E-state index contributed by atoms with van der Waals surface area (Å²) in [7, 11) is 4.85. The molecule has 1 aliphatic heterocycles. The quantitative estimate of drug-likeness (QED) is 0.508. The second-order valence-corrected chi connectivity index (χ2v) is 6.51. The van der Waals surface area contributed by atoms with Crippen molar-refractivity contribution in [1.82, 2.24) is 0 Å². The highest BCUT2D eigenvalue weighted by atomic mass is 16.5. The van der Waals surface area contributed by atoms with Gasteiger partial charge in [0.25, 0.3) is 5.91 Å². The van der Waals surface area contributed by atoms with Gasteiger partial charge in [0.15, 0.2) is 0 Å². The van der Waals surface area contributed by atoms with Crippen molar-refractivity contribution in [3.63, 3.8) is 0 Å². The highest BCUT2D eigenvalue weighted by molar-refractivity contribution is 6.32. The summed E-state index contributed by atoms with van der Waals surface area (Å²) < 4.78 is 15.5. The lowest BCUT2D eigenvalue weighted by Gasteiger charge is -2.15. The zero-order valence-corrected chi connectivity index (χ0v) is 17.1. The van der Waals surface area contributed by atoms with E-state index < -0.39 is 5.92 Å². The van der Waals surface area contributed by atoms with E-state index in [9.17, 15) is 4.79 Å². The van der Waals surface area contributed by atoms with E-state index in [1.807, 2.05) is 43.3 Å². The highest BCUT2D eigenvalue weighted by Crippen LogP contribution is 2.29. The fourth-order valence-electron chi connectivity index (χ4n) is 3.13. The van der Waals surface area contributed by atoms with Crippen LogP contribution in [0.2, 0.25) is 0 Å². The molecular formula is C22H25N3O4. The molecule has 29 heavy (non-hydrogen) atoms. The smallest absolute Gasteiger partial charge is 0.262 e. The Morgan fingerprint density at radius 3 is 2.14 bits per heavy atom. The normalized spacial score (nSPS) is 16.8. The summed E-state index contributed by atoms with van der Waals surface area (Å²) in [5.41, 5.74) is 2.89. The lowest BCUT2D eigenvalue weighted by molar-refractivity contribution is -0.118. The first-order valence-electron chi connectivity index (χ1n) is 9.30. The van der Waals surface area contributed by atoms with Gasteiger partial charge in [-0.3, -0.25) is 9.79 Å². The Balaban J connectivity index is 1.99. The molecule has 0 aromatic heterocycles. The van der Waals surface area contributed by atoms with Gasteiger partial charge in [0, 0.05) is 12.8 Å². The summed E-state index contributed by atoms with van der Waals surface area (Å²) in [5, 5.41) is 6.09. The molecule has 0 bridgehead atoms. The molecule has 0 aliphatic carbocycles. The van der Waals surface area contributed by atoms with Crippen LogP contribution < -0.4 is 14.5 Å². The molecule has 1 aliphatic rings. The standard InChI is InChI=1S/C22H25N3O4/c1-15(23-13-14-27-2)20-21(16-5-9-18(28-3)10-6-16)24-25(22(20)26)17-7-11-19(29-4)12-8-17/h5-12,20H,13-14H2,1-4H3. The molecule has 3 rings (SSSR count). The highest BCUT2D eigenvalue weighted by Gasteiger charge is 2.39. The third-order valence-corrected chi connectivity index (χ3v) is 4.71. The van der Waals surface area contributed by atoms with Crippen LogP contribution in [0.1, 0.15) is 12.5 Å². The van der Waals surface area contributed by atoms with Crippen LogP contribution in [0.3, 0.4) is 0 Å². The Labute approximate surface area is 170 Å². The molecule has 0 radical (unpaired) electrons. The van der Waals surface area contributed by atoms with Crippen molar-refractivity contribution in [3.8, 4) is 11.5 Å². The van der Waals surface area contributed by atoms with Gasteiger partial charge in [0.2, 0.25) is 0 Å². The van der Waals surface area contributed by atoms with Crippen molar-refractivity contribution in [3.05, 3.63) is 54.1 Å². The molecule has 0 saturated carbocycles. The van der Waals surface area contributed by atoms with Crippen molar-refractivity contribution >= 4 is 23.0 Å². The van der Waals surface area contributed by atoms with Crippen LogP contribution in [-0.4, -0.2) is 51.8 Å². The van der Waals surface area contributed by atoms with Crippen LogP contribution in [0.5, 0.6) is 11.5 Å². The number of anilines is 1. The van der Waals surface area contributed by atoms with E-state index >= 15 is 0 Å². The van der Waals surface area contributed by atoms with Crippen molar-refractivity contribution in [2.24, 2.45) is 16.0 Å². The Bertz CT molecular complexity index is 905. The van der Waals surface area contributed by atoms with Crippen LogP contribution in [0.15, 0.2) is 58.6 Å². The van der Waals surface area contributed by atoms with Crippen molar-refractivity contribution in [1.29, 1.82) is 0 Å². The van der Waals surface area contributed by atoms with Crippen LogP contribution >= 0.6 is 0 Å². The van der Waals surface area contributed by atoms with Crippen molar-refractivity contribution in [2.75, 3.05) is 39.5 Å². The molecule has 7 nitrogen and oxygen atoms in total. The number of hydrazone groups is 1. The number of hydrogen-bond acceptors (Lipinski definition) is 6. The van der Waals surface area contributed by atoms with Crippen molar-refractivity contribution < 1.29 is 19.0 Å². The molecule has 1 heterocycles. The van der Waals surface area contributed by atoms with E-state index in [0.29, 0.717) is 36.0 Å². The molecular weight excluding hydrogens is 370 g/mol. The summed E-state index contributed by atoms with van der Waals surface area (Å²) in [6, 6.07) is 14.7. The number of aliphatic imine (C=N–C) groups is 1. The first-order valence-corrected chi connectivity index (χ1v) is 9.30. The van der Waals surface area contributed by atoms with E-state index in [1.54, 1.807) is 33.5 Å². The maximum atomic E-state index is 13.3. The fraction of sp³-hybridized carbons (Fsp3) is 0.318. The second kappa shape index (κ2) is 9.34. The monoisotopic (exact) mass is 395 g/mol. The number of ether oxygens (including phenoxy) is 3. The maximum absolute atomic E-state index is 13.3. The minimum Gasteiger partial charge on any atom is -0.497 e. The summed E-state index contributed by atoms with van der Waals surface area (Å²) >= 11 is 0. The van der Waals surface area contributed by atoms with Gasteiger partial charge in [-0.2, -0.15) is 10.1 Å². The zero-order valence-electron chi connectivity index (χ0n) is 17.1. The van der Waals surface area contributed by atoms with Crippen LogP contribution in [-0.2, 0) is 9.53 Å². The van der Waals surface area contributed by atoms with Crippen LogP contribution in [0.25, 0.3) is 0 Å². The molecule has 152 valence electrons. The molecule has 2 aromatic rings. The maximum Gasteiger partial charge on any atom is 0.262 e. The van der Waals surface area contributed by atoms with Gasteiger partial charge in [-0.25, -0.2) is 0 Å². The second-order valence-electron chi connectivity index (χ2n) is 6.51. The number of carbonyl (C=O) groups excluding carboxylic acids is 1. The number of methoxy groups -OCH3 is 3. The Hall–Kier alpha value is -3.19. The number of hydrogen-bond donors (Lipinski definition) is 0.